The van der Waals surface area contributed by atoms with Gasteiger partial charge in [-0.3, -0.25) is 4.79 Å². The average molecular weight is 436 g/mol. The van der Waals surface area contributed by atoms with E-state index in [0.29, 0.717) is 10.9 Å². The molecular formula is C21H17BrF3NO. The van der Waals surface area contributed by atoms with E-state index in [9.17, 15) is 18.0 Å². The molecule has 0 radical (unpaired) electrons. The van der Waals surface area contributed by atoms with Crippen LogP contribution in [0.25, 0.3) is 11.3 Å². The van der Waals surface area contributed by atoms with Gasteiger partial charge in [-0.25, -0.2) is 0 Å². The van der Waals surface area contributed by atoms with E-state index in [-0.39, 0.29) is 17.8 Å². The molecule has 0 saturated heterocycles. The highest BCUT2D eigenvalue weighted by Gasteiger charge is 2.34. The largest absolute Gasteiger partial charge is 0.416 e. The van der Waals surface area contributed by atoms with Gasteiger partial charge in [0.15, 0.2) is 0 Å². The quantitative estimate of drug-likeness (QED) is 0.475. The van der Waals surface area contributed by atoms with E-state index in [2.05, 4.69) is 15.9 Å². The minimum atomic E-state index is -4.59. The first-order valence-electron chi connectivity index (χ1n) is 8.32. The summed E-state index contributed by atoms with van der Waals surface area (Å²) in [7, 11) is 0. The molecule has 27 heavy (non-hydrogen) atoms. The van der Waals surface area contributed by atoms with Crippen molar-refractivity contribution >= 4 is 15.9 Å². The molecule has 0 unspecified atom stereocenters. The van der Waals surface area contributed by atoms with Gasteiger partial charge in [-0.2, -0.15) is 13.2 Å². The van der Waals surface area contributed by atoms with Gasteiger partial charge in [-0.05, 0) is 35.7 Å². The summed E-state index contributed by atoms with van der Waals surface area (Å²) in [6.07, 6.45) is -4.59. The molecule has 140 valence electrons. The Bertz CT molecular complexity index is 1010. The molecule has 0 saturated carbocycles. The summed E-state index contributed by atoms with van der Waals surface area (Å²) in [6, 6.07) is 17.4. The van der Waals surface area contributed by atoms with Crippen LogP contribution in [-0.4, -0.2) is 4.57 Å². The van der Waals surface area contributed by atoms with Gasteiger partial charge in [0.25, 0.3) is 5.56 Å². The van der Waals surface area contributed by atoms with Gasteiger partial charge in [-0.15, -0.1) is 0 Å². The van der Waals surface area contributed by atoms with Crippen LogP contribution in [0.5, 0.6) is 0 Å². The SMILES string of the molecule is Cc1c(C(F)(F)F)cc(-c2cccc(CBr)c2)n(Cc2ccccc2)c1=O. The van der Waals surface area contributed by atoms with Gasteiger partial charge >= 0.3 is 6.18 Å². The lowest BCUT2D eigenvalue weighted by atomic mass is 10.0. The van der Waals surface area contributed by atoms with Gasteiger partial charge < -0.3 is 4.57 Å². The van der Waals surface area contributed by atoms with Crippen molar-refractivity contribution in [2.24, 2.45) is 0 Å². The smallest absolute Gasteiger partial charge is 0.304 e. The zero-order valence-corrected chi connectivity index (χ0v) is 16.1. The number of halogens is 4. The van der Waals surface area contributed by atoms with Crippen LogP contribution in [0.1, 0.15) is 22.3 Å². The average Bonchev–Trinajstić information content (AvgIpc) is 2.65. The van der Waals surface area contributed by atoms with Crippen molar-refractivity contribution in [3.63, 3.8) is 0 Å². The fraction of sp³-hybridized carbons (Fsp3) is 0.190. The number of hydrogen-bond acceptors (Lipinski definition) is 1. The number of nitrogens with zero attached hydrogens (tertiary/aromatic N) is 1. The van der Waals surface area contributed by atoms with E-state index in [1.54, 1.807) is 18.2 Å². The zero-order valence-electron chi connectivity index (χ0n) is 14.6. The standard InChI is InChI=1S/C21H17BrF3NO/c1-14-18(21(23,24)25)11-19(17-9-5-8-16(10-17)12-22)26(20(14)27)13-15-6-3-2-4-7-15/h2-11H,12-13H2,1H3. The molecule has 0 N–H and O–H groups in total. The Labute approximate surface area is 163 Å². The summed E-state index contributed by atoms with van der Waals surface area (Å²) in [5, 5.41) is 0.571. The first-order valence-corrected chi connectivity index (χ1v) is 9.44. The minimum absolute atomic E-state index is 0.201. The lowest BCUT2D eigenvalue weighted by Crippen LogP contribution is -2.28. The van der Waals surface area contributed by atoms with Crippen molar-refractivity contribution in [3.8, 4) is 11.3 Å². The summed E-state index contributed by atoms with van der Waals surface area (Å²) in [4.78, 5) is 12.8. The number of alkyl halides is 4. The van der Waals surface area contributed by atoms with Gasteiger partial charge in [0.2, 0.25) is 0 Å². The Morgan fingerprint density at radius 2 is 1.63 bits per heavy atom. The molecule has 0 aliphatic carbocycles. The summed E-state index contributed by atoms with van der Waals surface area (Å²) < 4.78 is 41.8. The van der Waals surface area contributed by atoms with E-state index in [1.165, 1.54) is 11.5 Å². The van der Waals surface area contributed by atoms with E-state index < -0.39 is 17.3 Å². The van der Waals surface area contributed by atoms with Crippen molar-refractivity contribution in [1.29, 1.82) is 0 Å². The number of benzene rings is 2. The fourth-order valence-corrected chi connectivity index (χ4v) is 3.37. The van der Waals surface area contributed by atoms with Gasteiger partial charge in [0.1, 0.15) is 0 Å². The normalized spacial score (nSPS) is 11.6. The monoisotopic (exact) mass is 435 g/mol. The molecule has 0 amide bonds. The van der Waals surface area contributed by atoms with Crippen LogP contribution in [0.4, 0.5) is 13.2 Å². The molecular weight excluding hydrogens is 419 g/mol. The van der Waals surface area contributed by atoms with Gasteiger partial charge in [0, 0.05) is 10.9 Å². The summed E-state index contributed by atoms with van der Waals surface area (Å²) >= 11 is 3.36. The topological polar surface area (TPSA) is 22.0 Å². The molecule has 0 aliphatic heterocycles. The van der Waals surface area contributed by atoms with Crippen LogP contribution >= 0.6 is 15.9 Å². The maximum atomic E-state index is 13.5. The van der Waals surface area contributed by atoms with Crippen molar-refractivity contribution in [3.05, 3.63) is 93.3 Å². The van der Waals surface area contributed by atoms with Crippen LogP contribution < -0.4 is 5.56 Å². The second kappa shape index (κ2) is 7.72. The predicted octanol–water partition coefficient (Wildman–Crippen LogP) is 5.79. The Balaban J connectivity index is 2.27. The van der Waals surface area contributed by atoms with Crippen LogP contribution in [0.2, 0.25) is 0 Å². The number of rotatable bonds is 4. The zero-order chi connectivity index (χ0) is 19.6. The molecule has 3 rings (SSSR count). The molecule has 2 nitrogen and oxygen atoms in total. The number of hydrogen-bond donors (Lipinski definition) is 0. The summed E-state index contributed by atoms with van der Waals surface area (Å²) in [5.41, 5.74) is 0.773. The number of pyridine rings is 1. The lowest BCUT2D eigenvalue weighted by Gasteiger charge is -2.19. The highest BCUT2D eigenvalue weighted by Crippen LogP contribution is 2.33. The van der Waals surface area contributed by atoms with E-state index in [4.69, 9.17) is 0 Å². The lowest BCUT2D eigenvalue weighted by molar-refractivity contribution is -0.138. The maximum absolute atomic E-state index is 13.5. The van der Waals surface area contributed by atoms with Crippen LogP contribution in [0.15, 0.2) is 65.5 Å². The van der Waals surface area contributed by atoms with Crippen molar-refractivity contribution in [2.75, 3.05) is 0 Å². The van der Waals surface area contributed by atoms with Crippen LogP contribution in [-0.2, 0) is 18.1 Å². The third-order valence-corrected chi connectivity index (χ3v) is 5.06. The molecule has 0 aliphatic rings. The van der Waals surface area contributed by atoms with Crippen LogP contribution in [0, 0.1) is 6.92 Å². The Hall–Kier alpha value is -2.34. The van der Waals surface area contributed by atoms with Gasteiger partial charge in [-0.1, -0.05) is 64.5 Å². The highest BCUT2D eigenvalue weighted by atomic mass is 79.9. The van der Waals surface area contributed by atoms with E-state index in [0.717, 1.165) is 17.2 Å². The van der Waals surface area contributed by atoms with Crippen molar-refractivity contribution < 1.29 is 13.2 Å². The maximum Gasteiger partial charge on any atom is 0.416 e. The molecule has 2 aromatic carbocycles. The predicted molar refractivity (Wildman–Crippen MR) is 104 cm³/mol. The van der Waals surface area contributed by atoms with Crippen molar-refractivity contribution in [1.82, 2.24) is 4.57 Å². The highest BCUT2D eigenvalue weighted by molar-refractivity contribution is 9.08. The number of aromatic nitrogens is 1. The molecule has 0 fully saturated rings. The van der Waals surface area contributed by atoms with Crippen molar-refractivity contribution in [2.45, 2.75) is 25.0 Å². The molecule has 1 heterocycles. The van der Waals surface area contributed by atoms with E-state index >= 15 is 0 Å². The van der Waals surface area contributed by atoms with Gasteiger partial charge in [0.05, 0.1) is 17.8 Å². The molecule has 0 atom stereocenters. The summed E-state index contributed by atoms with van der Waals surface area (Å²) in [6.45, 7) is 1.43. The third-order valence-electron chi connectivity index (χ3n) is 4.41. The second-order valence-corrected chi connectivity index (χ2v) is 6.84. The summed E-state index contributed by atoms with van der Waals surface area (Å²) in [5.74, 6) is 0. The molecule has 3 aromatic rings. The Morgan fingerprint density at radius 3 is 2.26 bits per heavy atom. The molecule has 0 bridgehead atoms. The third kappa shape index (κ3) is 4.16. The Kier molecular flexibility index (Phi) is 5.56. The second-order valence-electron chi connectivity index (χ2n) is 6.28. The van der Waals surface area contributed by atoms with E-state index in [1.807, 2.05) is 36.4 Å². The molecule has 0 spiro atoms. The Morgan fingerprint density at radius 1 is 0.963 bits per heavy atom. The first kappa shape index (κ1) is 19.4. The fourth-order valence-electron chi connectivity index (χ4n) is 3.02. The van der Waals surface area contributed by atoms with Crippen LogP contribution in [0.3, 0.4) is 0 Å². The molecule has 6 heteroatoms. The first-order chi connectivity index (χ1) is 12.8. The minimum Gasteiger partial charge on any atom is -0.304 e. The molecule has 1 aromatic heterocycles.